The largest absolute Gasteiger partial charge is 0.367 e. The first-order chi connectivity index (χ1) is 10.0. The Balaban J connectivity index is 2.40. The molecule has 0 aliphatic carbocycles. The number of aryl methyl sites for hydroxylation is 1. The number of anilines is 2. The number of aromatic nitrogens is 2. The number of hydrogen-bond acceptors (Lipinski definition) is 5. The third-order valence-corrected chi connectivity index (χ3v) is 4.86. The van der Waals surface area contributed by atoms with Gasteiger partial charge in [-0.3, -0.25) is 0 Å². The molecule has 2 N–H and O–H groups in total. The molecule has 2 aromatic heterocycles. The molecule has 1 unspecified atom stereocenters. The second-order valence-electron chi connectivity index (χ2n) is 5.78. The Hall–Kier alpha value is -1.36. The van der Waals surface area contributed by atoms with Gasteiger partial charge in [0.05, 0.1) is 5.39 Å². The Labute approximate surface area is 131 Å². The van der Waals surface area contributed by atoms with Crippen molar-refractivity contribution < 1.29 is 0 Å². The van der Waals surface area contributed by atoms with Crippen molar-refractivity contribution in [2.45, 2.75) is 53.5 Å². The Morgan fingerprint density at radius 2 is 1.95 bits per heavy atom. The van der Waals surface area contributed by atoms with Crippen molar-refractivity contribution in [1.82, 2.24) is 9.97 Å². The highest BCUT2D eigenvalue weighted by Gasteiger charge is 2.14. The van der Waals surface area contributed by atoms with Crippen molar-refractivity contribution >= 4 is 33.3 Å². The van der Waals surface area contributed by atoms with Gasteiger partial charge in [-0.15, -0.1) is 11.3 Å². The molecule has 0 saturated carbocycles. The lowest BCUT2D eigenvalue weighted by Crippen LogP contribution is -2.22. The van der Waals surface area contributed by atoms with Crippen molar-refractivity contribution in [3.05, 3.63) is 10.9 Å². The fourth-order valence-electron chi connectivity index (χ4n) is 1.95. The highest BCUT2D eigenvalue weighted by atomic mass is 32.1. The average molecular weight is 306 g/mol. The van der Waals surface area contributed by atoms with Gasteiger partial charge >= 0.3 is 0 Å². The van der Waals surface area contributed by atoms with Crippen LogP contribution in [0.5, 0.6) is 0 Å². The van der Waals surface area contributed by atoms with Gasteiger partial charge < -0.3 is 10.6 Å². The van der Waals surface area contributed by atoms with E-state index < -0.39 is 0 Å². The number of fused-ring (bicyclic) bond motifs is 1. The first kappa shape index (κ1) is 16.0. The molecule has 0 aromatic carbocycles. The molecule has 0 radical (unpaired) electrons. The first-order valence-corrected chi connectivity index (χ1v) is 8.67. The lowest BCUT2D eigenvalue weighted by molar-refractivity contribution is 0.559. The molecule has 0 aliphatic heterocycles. The minimum absolute atomic E-state index is 0.382. The molecule has 0 aliphatic rings. The van der Waals surface area contributed by atoms with Gasteiger partial charge in [-0.25, -0.2) is 4.98 Å². The molecule has 2 heterocycles. The molecular weight excluding hydrogens is 280 g/mol. The summed E-state index contributed by atoms with van der Waals surface area (Å²) in [5.41, 5.74) is 0. The Morgan fingerprint density at radius 3 is 2.57 bits per heavy atom. The fraction of sp³-hybridized carbons (Fsp3) is 0.625. The van der Waals surface area contributed by atoms with Crippen LogP contribution in [-0.4, -0.2) is 22.6 Å². The van der Waals surface area contributed by atoms with Gasteiger partial charge in [-0.1, -0.05) is 27.7 Å². The van der Waals surface area contributed by atoms with Crippen molar-refractivity contribution in [2.24, 2.45) is 5.92 Å². The zero-order valence-corrected chi connectivity index (χ0v) is 14.5. The summed E-state index contributed by atoms with van der Waals surface area (Å²) in [5.74, 6) is 2.24. The van der Waals surface area contributed by atoms with E-state index in [1.54, 1.807) is 11.3 Å². The second-order valence-corrected chi connectivity index (χ2v) is 6.90. The molecule has 0 saturated heterocycles. The van der Waals surface area contributed by atoms with E-state index >= 15 is 0 Å². The summed E-state index contributed by atoms with van der Waals surface area (Å²) >= 11 is 1.76. The predicted molar refractivity (Wildman–Crippen MR) is 93.5 cm³/mol. The average Bonchev–Trinajstić information content (AvgIpc) is 2.88. The molecule has 4 nitrogen and oxygen atoms in total. The molecule has 21 heavy (non-hydrogen) atoms. The Morgan fingerprint density at radius 1 is 1.19 bits per heavy atom. The highest BCUT2D eigenvalue weighted by molar-refractivity contribution is 7.18. The lowest BCUT2D eigenvalue weighted by atomic mass is 10.1. The van der Waals surface area contributed by atoms with Crippen LogP contribution in [-0.2, 0) is 6.42 Å². The van der Waals surface area contributed by atoms with Gasteiger partial charge in [0.15, 0.2) is 0 Å². The molecule has 5 heteroatoms. The molecular formula is C16H26N4S. The van der Waals surface area contributed by atoms with Crippen LogP contribution in [0.15, 0.2) is 6.07 Å². The van der Waals surface area contributed by atoms with Gasteiger partial charge in [-0.2, -0.15) is 4.98 Å². The monoisotopic (exact) mass is 306 g/mol. The zero-order chi connectivity index (χ0) is 15.4. The fourth-order valence-corrected chi connectivity index (χ4v) is 2.92. The number of rotatable bonds is 7. The number of nitrogens with zero attached hydrogens (tertiary/aromatic N) is 2. The number of nitrogens with one attached hydrogen (secondary N) is 2. The molecule has 116 valence electrons. The maximum absolute atomic E-state index is 4.68. The van der Waals surface area contributed by atoms with Gasteiger partial charge in [0.1, 0.15) is 10.6 Å². The van der Waals surface area contributed by atoms with E-state index in [4.69, 9.17) is 0 Å². The predicted octanol–water partition coefficient (Wildman–Crippen LogP) is 4.53. The smallest absolute Gasteiger partial charge is 0.226 e. The van der Waals surface area contributed by atoms with Crippen LogP contribution in [0, 0.1) is 5.92 Å². The maximum atomic E-state index is 4.68. The normalized spacial score (nSPS) is 12.9. The first-order valence-electron chi connectivity index (χ1n) is 7.86. The van der Waals surface area contributed by atoms with Gasteiger partial charge in [0.25, 0.3) is 0 Å². The summed E-state index contributed by atoms with van der Waals surface area (Å²) in [6.07, 6.45) is 2.11. The standard InChI is InChI=1S/C16H26N4S/c1-6-8-17-16-19-14(18-11(5)10(3)4)13-9-12(7-2)21-15(13)20-16/h9-11H,6-8H2,1-5H3,(H2,17,18,19,20). The van der Waals surface area contributed by atoms with Crippen LogP contribution in [0.4, 0.5) is 11.8 Å². The van der Waals surface area contributed by atoms with E-state index in [2.05, 4.69) is 61.3 Å². The maximum Gasteiger partial charge on any atom is 0.226 e. The Kier molecular flexibility index (Phi) is 5.39. The van der Waals surface area contributed by atoms with E-state index in [0.717, 1.165) is 41.4 Å². The van der Waals surface area contributed by atoms with Crippen molar-refractivity contribution in [3.8, 4) is 0 Å². The van der Waals surface area contributed by atoms with Crippen molar-refractivity contribution in [1.29, 1.82) is 0 Å². The van der Waals surface area contributed by atoms with Gasteiger partial charge in [0.2, 0.25) is 5.95 Å². The van der Waals surface area contributed by atoms with Crippen LogP contribution in [0.3, 0.4) is 0 Å². The zero-order valence-electron chi connectivity index (χ0n) is 13.7. The van der Waals surface area contributed by atoms with E-state index in [9.17, 15) is 0 Å². The second kappa shape index (κ2) is 7.07. The van der Waals surface area contributed by atoms with E-state index in [1.165, 1.54) is 4.88 Å². The lowest BCUT2D eigenvalue weighted by Gasteiger charge is -2.19. The number of hydrogen-bond donors (Lipinski definition) is 2. The minimum atomic E-state index is 0.382. The molecule has 0 bridgehead atoms. The van der Waals surface area contributed by atoms with E-state index in [0.29, 0.717) is 12.0 Å². The third-order valence-electron chi connectivity index (χ3n) is 3.69. The van der Waals surface area contributed by atoms with Crippen molar-refractivity contribution in [2.75, 3.05) is 17.2 Å². The third kappa shape index (κ3) is 3.84. The van der Waals surface area contributed by atoms with Crippen LogP contribution < -0.4 is 10.6 Å². The Bertz CT molecular complexity index is 591. The summed E-state index contributed by atoms with van der Waals surface area (Å²) < 4.78 is 0. The van der Waals surface area contributed by atoms with Crippen LogP contribution >= 0.6 is 11.3 Å². The highest BCUT2D eigenvalue weighted by Crippen LogP contribution is 2.31. The summed E-state index contributed by atoms with van der Waals surface area (Å²) in [4.78, 5) is 11.8. The molecule has 1 atom stereocenters. The van der Waals surface area contributed by atoms with E-state index in [-0.39, 0.29) is 0 Å². The summed E-state index contributed by atoms with van der Waals surface area (Å²) in [6.45, 7) is 11.9. The molecule has 0 amide bonds. The molecule has 0 spiro atoms. The molecule has 2 aromatic rings. The van der Waals surface area contributed by atoms with Gasteiger partial charge in [-0.05, 0) is 31.7 Å². The SMILES string of the molecule is CCCNc1nc(NC(C)C(C)C)c2cc(CC)sc2n1. The summed E-state index contributed by atoms with van der Waals surface area (Å²) in [6, 6.07) is 2.60. The van der Waals surface area contributed by atoms with Crippen LogP contribution in [0.1, 0.15) is 45.9 Å². The minimum Gasteiger partial charge on any atom is -0.367 e. The van der Waals surface area contributed by atoms with E-state index in [1.807, 2.05) is 0 Å². The quantitative estimate of drug-likeness (QED) is 0.789. The van der Waals surface area contributed by atoms with Crippen LogP contribution in [0.2, 0.25) is 0 Å². The summed E-state index contributed by atoms with van der Waals surface area (Å²) in [7, 11) is 0. The van der Waals surface area contributed by atoms with Crippen LogP contribution in [0.25, 0.3) is 10.2 Å². The molecule has 2 rings (SSSR count). The topological polar surface area (TPSA) is 49.8 Å². The summed E-state index contributed by atoms with van der Waals surface area (Å²) in [5, 5.41) is 8.00. The number of thiophene rings is 1. The molecule has 0 fully saturated rings. The van der Waals surface area contributed by atoms with Gasteiger partial charge in [0, 0.05) is 17.5 Å². The van der Waals surface area contributed by atoms with Crippen molar-refractivity contribution in [3.63, 3.8) is 0 Å².